The van der Waals surface area contributed by atoms with Crippen molar-refractivity contribution in [2.45, 2.75) is 14.3 Å². The van der Waals surface area contributed by atoms with Gasteiger partial charge in [-0.25, -0.2) is 4.21 Å². The lowest BCUT2D eigenvalue weighted by molar-refractivity contribution is 0.600. The van der Waals surface area contributed by atoms with Crippen LogP contribution in [0.15, 0.2) is 60.5 Å². The largest absolute Gasteiger partial charge is 0.305 e. The first-order valence-corrected chi connectivity index (χ1v) is 12.7. The van der Waals surface area contributed by atoms with Gasteiger partial charge in [0.05, 0.1) is 14.6 Å². The van der Waals surface area contributed by atoms with Crippen LogP contribution in [0, 0.1) is 0 Å². The van der Waals surface area contributed by atoms with E-state index in [0.29, 0.717) is 15.6 Å². The molecule has 0 bridgehead atoms. The van der Waals surface area contributed by atoms with E-state index in [1.807, 2.05) is 13.3 Å². The van der Waals surface area contributed by atoms with Gasteiger partial charge < -0.3 is 4.57 Å². The standard InChI is InChI=1S/C15H16N4O3S4/c1-19-14(16-17-15(19)23-2)12-9-10-13(24-12)26(21,22)18-25(3,20)11-7-5-4-6-8-11/h4-10H,1-3H3. The molecule has 0 saturated carbocycles. The summed E-state index contributed by atoms with van der Waals surface area (Å²) in [5.41, 5.74) is 0. The molecule has 0 saturated heterocycles. The quantitative estimate of drug-likeness (QED) is 0.580. The average Bonchev–Trinajstić information content (AvgIpc) is 3.21. The number of hydrogen-bond acceptors (Lipinski definition) is 7. The van der Waals surface area contributed by atoms with Crippen molar-refractivity contribution in [1.29, 1.82) is 0 Å². The Morgan fingerprint density at radius 1 is 1.08 bits per heavy atom. The Hall–Kier alpha value is -1.69. The average molecular weight is 429 g/mol. The smallest absolute Gasteiger partial charge is 0.299 e. The molecule has 1 atom stereocenters. The van der Waals surface area contributed by atoms with Crippen LogP contribution in [0.1, 0.15) is 0 Å². The van der Waals surface area contributed by atoms with Gasteiger partial charge in [-0.05, 0) is 30.5 Å². The Morgan fingerprint density at radius 3 is 2.38 bits per heavy atom. The molecule has 138 valence electrons. The van der Waals surface area contributed by atoms with Crippen molar-refractivity contribution in [3.8, 4) is 10.7 Å². The van der Waals surface area contributed by atoms with Gasteiger partial charge in [0.15, 0.2) is 11.0 Å². The zero-order chi connectivity index (χ0) is 18.9. The van der Waals surface area contributed by atoms with Gasteiger partial charge in [-0.1, -0.05) is 30.0 Å². The van der Waals surface area contributed by atoms with Crippen LogP contribution in [0.4, 0.5) is 0 Å². The van der Waals surface area contributed by atoms with E-state index in [4.69, 9.17) is 0 Å². The first-order valence-electron chi connectivity index (χ1n) is 7.32. The van der Waals surface area contributed by atoms with Gasteiger partial charge >= 0.3 is 0 Å². The van der Waals surface area contributed by atoms with Crippen LogP contribution in [0.3, 0.4) is 0 Å². The third-order valence-corrected chi connectivity index (χ3v) is 9.69. The van der Waals surface area contributed by atoms with E-state index in [-0.39, 0.29) is 4.21 Å². The summed E-state index contributed by atoms with van der Waals surface area (Å²) in [5, 5.41) is 8.87. The van der Waals surface area contributed by atoms with Gasteiger partial charge in [0.1, 0.15) is 4.21 Å². The monoisotopic (exact) mass is 428 g/mol. The minimum absolute atomic E-state index is 0.0201. The summed E-state index contributed by atoms with van der Waals surface area (Å²) >= 11 is 2.47. The Kier molecular flexibility index (Phi) is 5.24. The molecule has 0 fully saturated rings. The Morgan fingerprint density at radius 2 is 1.77 bits per heavy atom. The number of hydrogen-bond donors (Lipinski definition) is 0. The van der Waals surface area contributed by atoms with Crippen LogP contribution < -0.4 is 0 Å². The fourth-order valence-corrected chi connectivity index (χ4v) is 7.47. The third-order valence-electron chi connectivity index (χ3n) is 3.49. The van der Waals surface area contributed by atoms with Crippen molar-refractivity contribution in [3.63, 3.8) is 0 Å². The van der Waals surface area contributed by atoms with E-state index >= 15 is 0 Å². The van der Waals surface area contributed by atoms with Crippen LogP contribution in [0.25, 0.3) is 10.7 Å². The van der Waals surface area contributed by atoms with E-state index < -0.39 is 19.8 Å². The molecule has 1 unspecified atom stereocenters. The molecule has 7 nitrogen and oxygen atoms in total. The highest BCUT2D eigenvalue weighted by Gasteiger charge is 2.21. The lowest BCUT2D eigenvalue weighted by atomic mass is 10.4. The van der Waals surface area contributed by atoms with Crippen molar-refractivity contribution in [2.24, 2.45) is 10.8 Å². The van der Waals surface area contributed by atoms with Crippen molar-refractivity contribution in [3.05, 3.63) is 42.5 Å². The molecule has 2 heterocycles. The number of thiophene rings is 1. The van der Waals surface area contributed by atoms with Crippen molar-refractivity contribution in [1.82, 2.24) is 14.8 Å². The lowest BCUT2D eigenvalue weighted by Crippen LogP contribution is -2.03. The molecule has 26 heavy (non-hydrogen) atoms. The van der Waals surface area contributed by atoms with Gasteiger partial charge in [0.25, 0.3) is 10.0 Å². The number of aromatic nitrogens is 3. The van der Waals surface area contributed by atoms with Gasteiger partial charge in [0, 0.05) is 18.2 Å². The summed E-state index contributed by atoms with van der Waals surface area (Å²) in [6, 6.07) is 11.5. The van der Waals surface area contributed by atoms with E-state index in [1.54, 1.807) is 41.0 Å². The predicted molar refractivity (Wildman–Crippen MR) is 104 cm³/mol. The maximum atomic E-state index is 12.8. The van der Waals surface area contributed by atoms with Crippen LogP contribution in [-0.4, -0.2) is 39.9 Å². The summed E-state index contributed by atoms with van der Waals surface area (Å²) in [7, 11) is -5.32. The van der Waals surface area contributed by atoms with Crippen molar-refractivity contribution < 1.29 is 12.6 Å². The van der Waals surface area contributed by atoms with Gasteiger partial charge in [0.2, 0.25) is 0 Å². The van der Waals surface area contributed by atoms with E-state index in [2.05, 4.69) is 14.0 Å². The molecule has 0 aliphatic carbocycles. The highest BCUT2D eigenvalue weighted by Crippen LogP contribution is 2.32. The molecular weight excluding hydrogens is 412 g/mol. The SMILES string of the molecule is CSc1nnc(-c2ccc(S(=O)(=O)N=S(C)(=O)c3ccccc3)s2)n1C. The second kappa shape index (κ2) is 7.14. The lowest BCUT2D eigenvalue weighted by Gasteiger charge is -2.03. The second-order valence-corrected chi connectivity index (χ2v) is 11.5. The highest BCUT2D eigenvalue weighted by atomic mass is 32.3. The molecule has 0 amide bonds. The maximum absolute atomic E-state index is 12.8. The minimum Gasteiger partial charge on any atom is -0.305 e. The van der Waals surface area contributed by atoms with Gasteiger partial charge in [-0.15, -0.1) is 25.3 Å². The second-order valence-electron chi connectivity index (χ2n) is 5.35. The van der Waals surface area contributed by atoms with E-state index in [0.717, 1.165) is 16.5 Å². The molecule has 1 aromatic carbocycles. The normalized spacial score (nSPS) is 14.1. The predicted octanol–water partition coefficient (Wildman–Crippen LogP) is 3.11. The summed E-state index contributed by atoms with van der Waals surface area (Å²) in [4.78, 5) is 1.02. The zero-order valence-corrected chi connectivity index (χ0v) is 17.5. The van der Waals surface area contributed by atoms with E-state index in [9.17, 15) is 12.6 Å². The fourth-order valence-electron chi connectivity index (χ4n) is 2.23. The molecule has 3 aromatic rings. The first-order chi connectivity index (χ1) is 12.2. The molecule has 0 aliphatic heterocycles. The summed E-state index contributed by atoms with van der Waals surface area (Å²) < 4.78 is 43.5. The number of sulfonamides is 1. The molecule has 2 aromatic heterocycles. The van der Waals surface area contributed by atoms with Crippen LogP contribution in [0.2, 0.25) is 0 Å². The Bertz CT molecular complexity index is 1160. The van der Waals surface area contributed by atoms with Crippen LogP contribution in [-0.2, 0) is 26.8 Å². The number of thioether (sulfide) groups is 1. The summed E-state index contributed by atoms with van der Waals surface area (Å²) in [6.07, 6.45) is 3.21. The van der Waals surface area contributed by atoms with Crippen LogP contribution in [0.5, 0.6) is 0 Å². The molecule has 3 rings (SSSR count). The Labute approximate surface area is 160 Å². The van der Waals surface area contributed by atoms with Crippen LogP contribution >= 0.6 is 23.1 Å². The molecule has 0 spiro atoms. The molecule has 0 N–H and O–H groups in total. The number of benzene rings is 1. The zero-order valence-electron chi connectivity index (χ0n) is 14.2. The third kappa shape index (κ3) is 3.70. The summed E-state index contributed by atoms with van der Waals surface area (Å²) in [6.45, 7) is 0. The molecule has 0 aliphatic rings. The Balaban J connectivity index is 2.02. The number of nitrogens with zero attached hydrogens (tertiary/aromatic N) is 4. The first kappa shape index (κ1) is 19.1. The molecule has 11 heteroatoms. The highest BCUT2D eigenvalue weighted by molar-refractivity contribution is 8.03. The van der Waals surface area contributed by atoms with Gasteiger partial charge in [-0.3, -0.25) is 0 Å². The fraction of sp³-hybridized carbons (Fsp3) is 0.200. The van der Waals surface area contributed by atoms with Gasteiger partial charge in [-0.2, -0.15) is 8.42 Å². The van der Waals surface area contributed by atoms with Crippen molar-refractivity contribution >= 4 is 42.9 Å². The van der Waals surface area contributed by atoms with E-state index in [1.165, 1.54) is 24.1 Å². The minimum atomic E-state index is -4.06. The topological polar surface area (TPSA) is 94.3 Å². The summed E-state index contributed by atoms with van der Waals surface area (Å²) in [5.74, 6) is 0.570. The molecular formula is C15H16N4O3S4. The number of rotatable bonds is 5. The molecule has 0 radical (unpaired) electrons. The maximum Gasteiger partial charge on any atom is 0.299 e. The van der Waals surface area contributed by atoms with Crippen molar-refractivity contribution in [2.75, 3.05) is 12.5 Å².